The average molecular weight is 532 g/mol. The van der Waals surface area contributed by atoms with Gasteiger partial charge in [0.05, 0.1) is 23.0 Å². The van der Waals surface area contributed by atoms with E-state index < -0.39 is 12.0 Å². The van der Waals surface area contributed by atoms with Gasteiger partial charge >= 0.3 is 0 Å². The minimum atomic E-state index is -2.97. The predicted octanol–water partition coefficient (Wildman–Crippen LogP) is 5.47. The lowest BCUT2D eigenvalue weighted by molar-refractivity contribution is -0.134. The number of likely N-dealkylation sites (tertiary alicyclic amines) is 1. The van der Waals surface area contributed by atoms with Crippen molar-refractivity contribution < 1.29 is 18.3 Å². The number of halogens is 2. The first-order chi connectivity index (χ1) is 18.8. The van der Waals surface area contributed by atoms with Gasteiger partial charge < -0.3 is 19.7 Å². The Bertz CT molecular complexity index is 1670. The molecule has 1 fully saturated rings. The van der Waals surface area contributed by atoms with Gasteiger partial charge in [-0.25, -0.2) is 23.4 Å². The second-order valence-electron chi connectivity index (χ2n) is 9.84. The number of hydrogen-bond donors (Lipinski definition) is 1. The largest absolute Gasteiger partial charge is 0.483 e. The maximum atomic E-state index is 14.7. The molecule has 200 valence electrons. The Hall–Kier alpha value is -4.38. The van der Waals surface area contributed by atoms with E-state index in [1.807, 2.05) is 50.4 Å². The first kappa shape index (κ1) is 24.9. The first-order valence-corrected chi connectivity index (χ1v) is 12.6. The summed E-state index contributed by atoms with van der Waals surface area (Å²) in [6.07, 6.45) is 0.430. The van der Waals surface area contributed by atoms with Crippen LogP contribution in [0.25, 0.3) is 21.9 Å². The third-order valence-corrected chi connectivity index (χ3v) is 6.87. The Balaban J connectivity index is 1.26. The number of ether oxygens (including phenoxy) is 2. The van der Waals surface area contributed by atoms with E-state index >= 15 is 0 Å². The van der Waals surface area contributed by atoms with Gasteiger partial charge in [-0.2, -0.15) is 0 Å². The fraction of sp³-hybridized carbons (Fsp3) is 0.286. The van der Waals surface area contributed by atoms with Crippen LogP contribution < -0.4 is 14.8 Å². The van der Waals surface area contributed by atoms with E-state index in [-0.39, 0.29) is 13.0 Å². The molecule has 2 aromatic heterocycles. The van der Waals surface area contributed by atoms with Crippen LogP contribution in [0.15, 0.2) is 60.9 Å². The van der Waals surface area contributed by atoms with Crippen LogP contribution in [-0.2, 0) is 7.05 Å². The van der Waals surface area contributed by atoms with Crippen LogP contribution in [0.2, 0.25) is 0 Å². The van der Waals surface area contributed by atoms with Gasteiger partial charge in [0.1, 0.15) is 34.9 Å². The summed E-state index contributed by atoms with van der Waals surface area (Å²) < 4.78 is 43.2. The summed E-state index contributed by atoms with van der Waals surface area (Å²) in [5.41, 5.74) is 3.90. The lowest BCUT2D eigenvalue weighted by Crippen LogP contribution is -2.52. The van der Waals surface area contributed by atoms with Crippen molar-refractivity contribution in [2.75, 3.05) is 25.5 Å². The number of aromatic nitrogens is 5. The van der Waals surface area contributed by atoms with Gasteiger partial charge in [0.2, 0.25) is 0 Å². The number of hydrogen-bond acceptors (Lipinski definition) is 8. The second-order valence-corrected chi connectivity index (χ2v) is 9.84. The maximum absolute atomic E-state index is 14.7. The first-order valence-electron chi connectivity index (χ1n) is 12.6. The van der Waals surface area contributed by atoms with E-state index in [2.05, 4.69) is 25.6 Å². The fourth-order valence-corrected chi connectivity index (χ4v) is 4.85. The Kier molecular flexibility index (Phi) is 6.22. The molecular formula is C28H27F2N7O2. The minimum Gasteiger partial charge on any atom is -0.483 e. The molecule has 1 aliphatic rings. The molecular weight excluding hydrogens is 504 g/mol. The monoisotopic (exact) mass is 531 g/mol. The molecule has 0 radical (unpaired) electrons. The van der Waals surface area contributed by atoms with Gasteiger partial charge in [-0.15, -0.1) is 5.10 Å². The van der Waals surface area contributed by atoms with Crippen molar-refractivity contribution in [1.29, 1.82) is 0 Å². The van der Waals surface area contributed by atoms with Gasteiger partial charge in [0.15, 0.2) is 6.10 Å². The molecule has 39 heavy (non-hydrogen) atoms. The lowest BCUT2D eigenvalue weighted by Gasteiger charge is -2.36. The van der Waals surface area contributed by atoms with Crippen LogP contribution in [0.4, 0.5) is 20.3 Å². The van der Waals surface area contributed by atoms with E-state index in [0.29, 0.717) is 40.5 Å². The highest BCUT2D eigenvalue weighted by atomic mass is 19.3. The standard InChI is InChI=1S/C28H27F2N7O2/c1-17-13-18(7-10-23(17)38-19-8-9-22-21(14-19)34-35-37(22)3)33-27-26-20(31-16-32-27)5-4-6-24(26)39-25-11-12-36(2)15-28(25,29)30/h4-10,13-14,16,25H,11-12,15H2,1-3H3,(H,31,32,33). The predicted molar refractivity (Wildman–Crippen MR) is 144 cm³/mol. The fourth-order valence-electron chi connectivity index (χ4n) is 4.85. The molecule has 3 aromatic carbocycles. The van der Waals surface area contributed by atoms with Crippen LogP contribution in [0.1, 0.15) is 12.0 Å². The number of rotatable bonds is 6. The van der Waals surface area contributed by atoms with Crippen LogP contribution in [-0.4, -0.2) is 62.0 Å². The van der Waals surface area contributed by atoms with E-state index in [9.17, 15) is 8.78 Å². The van der Waals surface area contributed by atoms with Crippen molar-refractivity contribution in [3.05, 3.63) is 66.5 Å². The smallest absolute Gasteiger partial charge is 0.296 e. The quantitative estimate of drug-likeness (QED) is 0.308. The Morgan fingerprint density at radius 3 is 2.69 bits per heavy atom. The number of nitrogens with one attached hydrogen (secondary N) is 1. The Labute approximate surface area is 223 Å². The van der Waals surface area contributed by atoms with Gasteiger partial charge in [0.25, 0.3) is 5.92 Å². The molecule has 0 amide bonds. The zero-order valence-electron chi connectivity index (χ0n) is 21.7. The van der Waals surface area contributed by atoms with Crippen LogP contribution in [0.3, 0.4) is 0 Å². The molecule has 3 heterocycles. The topological polar surface area (TPSA) is 90.2 Å². The van der Waals surface area contributed by atoms with Gasteiger partial charge in [-0.1, -0.05) is 11.3 Å². The molecule has 0 bridgehead atoms. The van der Waals surface area contributed by atoms with E-state index in [1.54, 1.807) is 34.8 Å². The number of piperidine rings is 1. The maximum Gasteiger partial charge on any atom is 0.296 e. The summed E-state index contributed by atoms with van der Waals surface area (Å²) >= 11 is 0. The van der Waals surface area contributed by atoms with Crippen LogP contribution in [0.5, 0.6) is 17.2 Å². The molecule has 6 rings (SSSR count). The van der Waals surface area contributed by atoms with Gasteiger partial charge in [-0.3, -0.25) is 0 Å². The number of benzene rings is 3. The Morgan fingerprint density at radius 1 is 1.00 bits per heavy atom. The SMILES string of the molecule is Cc1cc(Nc2ncnc3cccc(OC4CCN(C)CC4(F)F)c23)ccc1Oc1ccc2c(c1)nnn2C. The molecule has 9 nitrogen and oxygen atoms in total. The highest BCUT2D eigenvalue weighted by Crippen LogP contribution is 2.37. The summed E-state index contributed by atoms with van der Waals surface area (Å²) in [5, 5.41) is 12.0. The van der Waals surface area contributed by atoms with Crippen molar-refractivity contribution in [1.82, 2.24) is 29.9 Å². The molecule has 1 aliphatic heterocycles. The van der Waals surface area contributed by atoms with E-state index in [1.165, 1.54) is 6.33 Å². The summed E-state index contributed by atoms with van der Waals surface area (Å²) in [6, 6.07) is 16.5. The zero-order valence-corrected chi connectivity index (χ0v) is 21.7. The van der Waals surface area contributed by atoms with Crippen molar-refractivity contribution in [2.45, 2.75) is 25.4 Å². The average Bonchev–Trinajstić information content (AvgIpc) is 3.27. The second kappa shape index (κ2) is 9.73. The highest BCUT2D eigenvalue weighted by molar-refractivity contribution is 5.95. The molecule has 1 atom stereocenters. The Morgan fingerprint density at radius 2 is 1.87 bits per heavy atom. The van der Waals surface area contributed by atoms with Crippen LogP contribution in [0, 0.1) is 6.92 Å². The number of fused-ring (bicyclic) bond motifs is 2. The summed E-state index contributed by atoms with van der Waals surface area (Å²) in [7, 11) is 3.53. The number of alkyl halides is 2. The summed E-state index contributed by atoms with van der Waals surface area (Å²) in [6.45, 7) is 2.13. The van der Waals surface area contributed by atoms with E-state index in [0.717, 1.165) is 22.3 Å². The number of nitrogens with zero attached hydrogens (tertiary/aromatic N) is 6. The lowest BCUT2D eigenvalue weighted by atomic mass is 10.0. The molecule has 11 heteroatoms. The van der Waals surface area contributed by atoms with Gasteiger partial charge in [0, 0.05) is 31.8 Å². The number of aryl methyl sites for hydroxylation is 2. The molecule has 0 saturated carbocycles. The third kappa shape index (κ3) is 4.92. The van der Waals surface area contributed by atoms with Crippen molar-refractivity contribution in [2.24, 2.45) is 7.05 Å². The molecule has 1 saturated heterocycles. The number of anilines is 2. The van der Waals surface area contributed by atoms with Crippen molar-refractivity contribution in [3.63, 3.8) is 0 Å². The molecule has 1 unspecified atom stereocenters. The molecule has 1 N–H and O–H groups in total. The molecule has 0 aliphatic carbocycles. The summed E-state index contributed by atoms with van der Waals surface area (Å²) in [4.78, 5) is 10.4. The van der Waals surface area contributed by atoms with E-state index in [4.69, 9.17) is 9.47 Å². The third-order valence-electron chi connectivity index (χ3n) is 6.87. The molecule has 0 spiro atoms. The van der Waals surface area contributed by atoms with Gasteiger partial charge in [-0.05, 0) is 62.0 Å². The normalized spacial score (nSPS) is 17.4. The minimum absolute atomic E-state index is 0.223. The van der Waals surface area contributed by atoms with Crippen molar-refractivity contribution >= 4 is 33.4 Å². The summed E-state index contributed by atoms with van der Waals surface area (Å²) in [5.74, 6) is -0.844. The highest BCUT2D eigenvalue weighted by Gasteiger charge is 2.45. The zero-order chi connectivity index (χ0) is 27.1. The van der Waals surface area contributed by atoms with Crippen molar-refractivity contribution in [3.8, 4) is 17.2 Å². The molecule has 5 aromatic rings. The van der Waals surface area contributed by atoms with Crippen LogP contribution >= 0.6 is 0 Å².